The van der Waals surface area contributed by atoms with Crippen molar-refractivity contribution in [2.24, 2.45) is 5.92 Å². The predicted octanol–water partition coefficient (Wildman–Crippen LogP) is 0.779. The highest BCUT2D eigenvalue weighted by molar-refractivity contribution is 7.89. The van der Waals surface area contributed by atoms with Crippen LogP contribution in [0.3, 0.4) is 0 Å². The SMILES string of the molecule is CC1CCC(NS(=O)(=O)c2ccc(NCC[NH+]3CCOCC3)c([N+](=O)[O-])c2)CC1. The number of nitro groups is 1. The fourth-order valence-corrected chi connectivity index (χ4v) is 5.25. The molecular formula is C19H31N4O5S+. The summed E-state index contributed by atoms with van der Waals surface area (Å²) >= 11 is 0. The van der Waals surface area contributed by atoms with E-state index in [2.05, 4.69) is 17.0 Å². The fraction of sp³-hybridized carbons (Fsp3) is 0.684. The van der Waals surface area contributed by atoms with Gasteiger partial charge >= 0.3 is 0 Å². The summed E-state index contributed by atoms with van der Waals surface area (Å²) < 4.78 is 33.5. The number of quaternary nitrogens is 1. The van der Waals surface area contributed by atoms with Crippen LogP contribution in [0.25, 0.3) is 0 Å². The van der Waals surface area contributed by atoms with E-state index >= 15 is 0 Å². The lowest BCUT2D eigenvalue weighted by Crippen LogP contribution is -3.14. The molecule has 3 N–H and O–H groups in total. The van der Waals surface area contributed by atoms with Gasteiger partial charge in [0.05, 0.1) is 36.1 Å². The van der Waals surface area contributed by atoms with Crippen molar-refractivity contribution in [3.63, 3.8) is 0 Å². The minimum Gasteiger partial charge on any atom is -0.374 e. The topological polar surface area (TPSA) is 115 Å². The second-order valence-corrected chi connectivity index (χ2v) is 9.77. The lowest BCUT2D eigenvalue weighted by atomic mass is 9.88. The summed E-state index contributed by atoms with van der Waals surface area (Å²) in [6, 6.07) is 3.97. The Morgan fingerprint density at radius 3 is 2.55 bits per heavy atom. The summed E-state index contributed by atoms with van der Waals surface area (Å²) in [4.78, 5) is 12.3. The molecule has 1 saturated carbocycles. The highest BCUT2D eigenvalue weighted by Gasteiger charge is 2.26. The summed E-state index contributed by atoms with van der Waals surface area (Å²) in [6.07, 6.45) is 3.57. The van der Waals surface area contributed by atoms with E-state index in [0.29, 0.717) is 18.2 Å². The predicted molar refractivity (Wildman–Crippen MR) is 110 cm³/mol. The van der Waals surface area contributed by atoms with Gasteiger partial charge in [0.1, 0.15) is 18.8 Å². The van der Waals surface area contributed by atoms with Crippen molar-refractivity contribution < 1.29 is 23.0 Å². The molecule has 0 bridgehead atoms. The van der Waals surface area contributed by atoms with E-state index in [1.165, 1.54) is 17.0 Å². The Balaban J connectivity index is 1.65. The number of sulfonamides is 1. The number of anilines is 1. The van der Waals surface area contributed by atoms with Crippen molar-refractivity contribution >= 4 is 21.4 Å². The first-order valence-electron chi connectivity index (χ1n) is 10.3. The Hall–Kier alpha value is -1.75. The van der Waals surface area contributed by atoms with Crippen LogP contribution in [-0.4, -0.2) is 58.8 Å². The van der Waals surface area contributed by atoms with Gasteiger partial charge in [-0.3, -0.25) is 10.1 Å². The largest absolute Gasteiger partial charge is 0.374 e. The molecule has 1 aliphatic heterocycles. The van der Waals surface area contributed by atoms with Crippen LogP contribution in [0.5, 0.6) is 0 Å². The standard InChI is InChI=1S/C19H30N4O5S/c1-15-2-4-16(5-3-15)21-29(26,27)17-6-7-18(19(14-17)23(24)25)20-8-9-22-10-12-28-13-11-22/h6-7,14-16,20-21H,2-5,8-13H2,1H3/p+1. The van der Waals surface area contributed by atoms with E-state index < -0.39 is 14.9 Å². The molecule has 0 radical (unpaired) electrons. The van der Waals surface area contributed by atoms with E-state index in [1.807, 2.05) is 0 Å². The van der Waals surface area contributed by atoms with Crippen LogP contribution in [0.4, 0.5) is 11.4 Å². The molecule has 162 valence electrons. The third-order valence-corrected chi connectivity index (χ3v) is 7.33. The van der Waals surface area contributed by atoms with Crippen LogP contribution >= 0.6 is 0 Å². The molecule has 1 aromatic carbocycles. The number of nitrogens with zero attached hydrogens (tertiary/aromatic N) is 1. The third-order valence-electron chi connectivity index (χ3n) is 5.81. The van der Waals surface area contributed by atoms with Crippen LogP contribution in [0.1, 0.15) is 32.6 Å². The maximum atomic E-state index is 12.7. The van der Waals surface area contributed by atoms with Crippen molar-refractivity contribution in [3.05, 3.63) is 28.3 Å². The molecule has 1 saturated heterocycles. The molecule has 29 heavy (non-hydrogen) atoms. The first-order chi connectivity index (χ1) is 13.8. The average molecular weight is 428 g/mol. The van der Waals surface area contributed by atoms with Gasteiger partial charge in [-0.15, -0.1) is 0 Å². The number of nitrogens with one attached hydrogen (secondary N) is 3. The van der Waals surface area contributed by atoms with Crippen LogP contribution < -0.4 is 14.9 Å². The van der Waals surface area contributed by atoms with Gasteiger partial charge < -0.3 is 15.0 Å². The smallest absolute Gasteiger partial charge is 0.293 e. The summed E-state index contributed by atoms with van der Waals surface area (Å²) in [7, 11) is -3.79. The number of rotatable bonds is 8. The molecule has 2 fully saturated rings. The van der Waals surface area contributed by atoms with Crippen molar-refractivity contribution in [3.8, 4) is 0 Å². The van der Waals surface area contributed by atoms with Crippen molar-refractivity contribution in [2.75, 3.05) is 44.7 Å². The van der Waals surface area contributed by atoms with Gasteiger partial charge in [-0.2, -0.15) is 0 Å². The van der Waals surface area contributed by atoms with Gasteiger partial charge in [0, 0.05) is 12.1 Å². The van der Waals surface area contributed by atoms with Gasteiger partial charge in [0.2, 0.25) is 10.0 Å². The molecule has 2 aliphatic rings. The van der Waals surface area contributed by atoms with Gasteiger partial charge in [0.25, 0.3) is 5.69 Å². The molecule has 1 heterocycles. The average Bonchev–Trinajstić information content (AvgIpc) is 2.70. The maximum Gasteiger partial charge on any atom is 0.293 e. The second-order valence-electron chi connectivity index (χ2n) is 8.05. The minimum absolute atomic E-state index is 0.0628. The first kappa shape index (κ1) is 21.9. The number of hydrogen-bond acceptors (Lipinski definition) is 6. The van der Waals surface area contributed by atoms with Gasteiger partial charge in [-0.25, -0.2) is 13.1 Å². The highest BCUT2D eigenvalue weighted by Crippen LogP contribution is 2.29. The lowest BCUT2D eigenvalue weighted by molar-refractivity contribution is -0.906. The molecule has 0 spiro atoms. The van der Waals surface area contributed by atoms with Gasteiger partial charge in [0.15, 0.2) is 0 Å². The van der Waals surface area contributed by atoms with E-state index in [4.69, 9.17) is 4.74 Å². The van der Waals surface area contributed by atoms with Crippen LogP contribution in [0, 0.1) is 16.0 Å². The number of morpholine rings is 1. The summed E-state index contributed by atoms with van der Waals surface area (Å²) in [5, 5.41) is 14.6. The van der Waals surface area contributed by atoms with E-state index in [0.717, 1.165) is 64.6 Å². The van der Waals surface area contributed by atoms with E-state index in [-0.39, 0.29) is 16.6 Å². The number of nitro benzene ring substituents is 1. The molecule has 0 unspecified atom stereocenters. The molecule has 0 amide bonds. The summed E-state index contributed by atoms with van der Waals surface area (Å²) in [5.41, 5.74) is 0.121. The van der Waals surface area contributed by atoms with Gasteiger partial charge in [-0.1, -0.05) is 6.92 Å². The molecule has 3 rings (SSSR count). The number of ether oxygens (including phenoxy) is 1. The summed E-state index contributed by atoms with van der Waals surface area (Å²) in [6.45, 7) is 6.87. The van der Waals surface area contributed by atoms with Crippen LogP contribution in [0.15, 0.2) is 23.1 Å². The first-order valence-corrected chi connectivity index (χ1v) is 11.8. The lowest BCUT2D eigenvalue weighted by Gasteiger charge is -2.26. The zero-order valence-electron chi connectivity index (χ0n) is 16.9. The van der Waals surface area contributed by atoms with Crippen molar-refractivity contribution in [2.45, 2.75) is 43.5 Å². The Labute approximate surface area is 172 Å². The molecule has 10 heteroatoms. The zero-order chi connectivity index (χ0) is 20.9. The number of benzene rings is 1. The Morgan fingerprint density at radius 1 is 1.21 bits per heavy atom. The Kier molecular flexibility index (Phi) is 7.44. The van der Waals surface area contributed by atoms with Crippen LogP contribution in [-0.2, 0) is 14.8 Å². The zero-order valence-corrected chi connectivity index (χ0v) is 17.7. The highest BCUT2D eigenvalue weighted by atomic mass is 32.2. The Bertz CT molecular complexity index is 803. The maximum absolute atomic E-state index is 12.7. The van der Waals surface area contributed by atoms with E-state index in [9.17, 15) is 18.5 Å². The Morgan fingerprint density at radius 2 is 1.90 bits per heavy atom. The third kappa shape index (κ3) is 6.11. The summed E-state index contributed by atoms with van der Waals surface area (Å²) in [5.74, 6) is 0.612. The molecular weight excluding hydrogens is 396 g/mol. The second kappa shape index (κ2) is 9.84. The molecule has 9 nitrogen and oxygen atoms in total. The molecule has 1 aromatic rings. The van der Waals surface area contributed by atoms with Crippen molar-refractivity contribution in [1.29, 1.82) is 0 Å². The van der Waals surface area contributed by atoms with Gasteiger partial charge in [-0.05, 0) is 43.7 Å². The molecule has 1 aliphatic carbocycles. The monoisotopic (exact) mass is 427 g/mol. The molecule has 0 aromatic heterocycles. The molecule has 0 atom stereocenters. The normalized spacial score (nSPS) is 23.6. The minimum atomic E-state index is -3.79. The quantitative estimate of drug-likeness (QED) is 0.417. The van der Waals surface area contributed by atoms with E-state index in [1.54, 1.807) is 0 Å². The number of hydrogen-bond donors (Lipinski definition) is 3. The van der Waals surface area contributed by atoms with Crippen LogP contribution in [0.2, 0.25) is 0 Å². The fourth-order valence-electron chi connectivity index (χ4n) is 3.93. The van der Waals surface area contributed by atoms with Crippen molar-refractivity contribution in [1.82, 2.24) is 4.72 Å².